The first-order valence-corrected chi connectivity index (χ1v) is 9.43. The lowest BCUT2D eigenvalue weighted by Crippen LogP contribution is -2.51. The fraction of sp³-hybridized carbons (Fsp3) is 0.600. The minimum atomic E-state index is -1.16. The van der Waals surface area contributed by atoms with Crippen molar-refractivity contribution in [1.82, 2.24) is 0 Å². The number of fused-ring (bicyclic) bond motifs is 1. The average Bonchev–Trinajstić information content (AvgIpc) is 2.67. The van der Waals surface area contributed by atoms with Crippen LogP contribution >= 0.6 is 0 Å². The van der Waals surface area contributed by atoms with E-state index in [2.05, 4.69) is 13.8 Å². The standard InChI is InChI=1S/C20H28O6/c1-3-5-9-13-23-19(21)17-18(20(22)24-14-10-6-4-2)26-16-12-8-7-11-15(16)25-17/h7-8,11-12,17-18H,3-6,9-10,13-14H2,1-2H3. The van der Waals surface area contributed by atoms with Gasteiger partial charge in [0.05, 0.1) is 13.2 Å². The van der Waals surface area contributed by atoms with Crippen molar-refractivity contribution in [3.8, 4) is 11.5 Å². The Morgan fingerprint density at radius 1 is 0.808 bits per heavy atom. The Morgan fingerprint density at radius 3 is 1.62 bits per heavy atom. The van der Waals surface area contributed by atoms with Crippen LogP contribution in [0.15, 0.2) is 24.3 Å². The molecule has 0 fully saturated rings. The predicted octanol–water partition coefficient (Wildman–Crippen LogP) is 3.66. The van der Waals surface area contributed by atoms with Gasteiger partial charge in [0.25, 0.3) is 0 Å². The summed E-state index contributed by atoms with van der Waals surface area (Å²) < 4.78 is 22.0. The topological polar surface area (TPSA) is 71.1 Å². The Bertz CT molecular complexity index is 534. The molecule has 0 amide bonds. The third kappa shape index (κ3) is 5.64. The van der Waals surface area contributed by atoms with Gasteiger partial charge in [-0.2, -0.15) is 0 Å². The lowest BCUT2D eigenvalue weighted by atomic mass is 10.1. The molecule has 1 aliphatic rings. The van der Waals surface area contributed by atoms with Gasteiger partial charge in [-0.25, -0.2) is 9.59 Å². The summed E-state index contributed by atoms with van der Waals surface area (Å²) in [6.45, 7) is 4.74. The first-order valence-electron chi connectivity index (χ1n) is 9.43. The Kier molecular flexibility index (Phi) is 8.25. The molecule has 144 valence electrons. The number of rotatable bonds is 10. The van der Waals surface area contributed by atoms with Gasteiger partial charge in [-0.3, -0.25) is 0 Å². The molecule has 2 unspecified atom stereocenters. The van der Waals surface area contributed by atoms with Crippen molar-refractivity contribution in [3.05, 3.63) is 24.3 Å². The maximum atomic E-state index is 12.4. The molecule has 0 N–H and O–H groups in total. The van der Waals surface area contributed by atoms with E-state index in [0.29, 0.717) is 24.7 Å². The van der Waals surface area contributed by atoms with E-state index in [1.54, 1.807) is 24.3 Å². The highest BCUT2D eigenvalue weighted by Gasteiger charge is 2.44. The molecule has 0 bridgehead atoms. The van der Waals surface area contributed by atoms with E-state index in [4.69, 9.17) is 18.9 Å². The molecule has 1 aliphatic heterocycles. The third-order valence-corrected chi connectivity index (χ3v) is 4.08. The van der Waals surface area contributed by atoms with Crippen LogP contribution in [0.4, 0.5) is 0 Å². The molecule has 6 nitrogen and oxygen atoms in total. The van der Waals surface area contributed by atoms with Crippen molar-refractivity contribution in [3.63, 3.8) is 0 Å². The van der Waals surface area contributed by atoms with E-state index in [1.165, 1.54) is 0 Å². The average molecular weight is 364 g/mol. The SMILES string of the molecule is CCCCCOC(=O)C1Oc2ccccc2OC1C(=O)OCCCCC. The van der Waals surface area contributed by atoms with Gasteiger partial charge in [0.1, 0.15) is 0 Å². The highest BCUT2D eigenvalue weighted by molar-refractivity contribution is 5.87. The molecule has 2 atom stereocenters. The van der Waals surface area contributed by atoms with Crippen LogP contribution in [0.3, 0.4) is 0 Å². The van der Waals surface area contributed by atoms with Gasteiger partial charge in [0.15, 0.2) is 11.5 Å². The zero-order chi connectivity index (χ0) is 18.8. The molecule has 6 heteroatoms. The van der Waals surface area contributed by atoms with Gasteiger partial charge >= 0.3 is 11.9 Å². The number of hydrogen-bond donors (Lipinski definition) is 0. The van der Waals surface area contributed by atoms with E-state index >= 15 is 0 Å². The molecular formula is C20H28O6. The van der Waals surface area contributed by atoms with Crippen molar-refractivity contribution in [2.75, 3.05) is 13.2 Å². The maximum Gasteiger partial charge on any atom is 0.351 e. The summed E-state index contributed by atoms with van der Waals surface area (Å²) in [5.41, 5.74) is 0. The van der Waals surface area contributed by atoms with Crippen LogP contribution in [0.5, 0.6) is 11.5 Å². The molecule has 0 spiro atoms. The number of esters is 2. The summed E-state index contributed by atoms with van der Waals surface area (Å²) in [6.07, 6.45) is 3.23. The van der Waals surface area contributed by atoms with Crippen LogP contribution in [0.25, 0.3) is 0 Å². The minimum Gasteiger partial charge on any atom is -0.470 e. The van der Waals surface area contributed by atoms with Crippen LogP contribution in [0.2, 0.25) is 0 Å². The van der Waals surface area contributed by atoms with Crippen LogP contribution in [0, 0.1) is 0 Å². The predicted molar refractivity (Wildman–Crippen MR) is 96.2 cm³/mol. The molecule has 1 aromatic rings. The number of para-hydroxylation sites is 2. The zero-order valence-electron chi connectivity index (χ0n) is 15.6. The molecule has 0 aromatic heterocycles. The van der Waals surface area contributed by atoms with E-state index in [1.807, 2.05) is 0 Å². The van der Waals surface area contributed by atoms with E-state index in [-0.39, 0.29) is 0 Å². The first-order chi connectivity index (χ1) is 12.7. The van der Waals surface area contributed by atoms with E-state index in [9.17, 15) is 9.59 Å². The van der Waals surface area contributed by atoms with Crippen LogP contribution in [-0.4, -0.2) is 37.4 Å². The highest BCUT2D eigenvalue weighted by Crippen LogP contribution is 2.34. The van der Waals surface area contributed by atoms with Gasteiger partial charge in [0, 0.05) is 0 Å². The number of unbranched alkanes of at least 4 members (excludes halogenated alkanes) is 4. The normalized spacial score (nSPS) is 18.2. The molecular weight excluding hydrogens is 336 g/mol. The van der Waals surface area contributed by atoms with Gasteiger partial charge in [-0.15, -0.1) is 0 Å². The van der Waals surface area contributed by atoms with E-state index in [0.717, 1.165) is 38.5 Å². The summed E-state index contributed by atoms with van der Waals surface area (Å²) >= 11 is 0. The maximum absolute atomic E-state index is 12.4. The second-order valence-electron chi connectivity index (χ2n) is 6.27. The number of ether oxygens (including phenoxy) is 4. The van der Waals surface area contributed by atoms with Gasteiger partial charge < -0.3 is 18.9 Å². The number of carbonyl (C=O) groups is 2. The summed E-state index contributed by atoms with van der Waals surface area (Å²) in [7, 11) is 0. The smallest absolute Gasteiger partial charge is 0.351 e. The fourth-order valence-electron chi connectivity index (χ4n) is 2.60. The van der Waals surface area contributed by atoms with Crippen LogP contribution < -0.4 is 9.47 Å². The third-order valence-electron chi connectivity index (χ3n) is 4.08. The van der Waals surface area contributed by atoms with Crippen molar-refractivity contribution in [2.24, 2.45) is 0 Å². The number of benzene rings is 1. The molecule has 0 radical (unpaired) electrons. The second-order valence-corrected chi connectivity index (χ2v) is 6.27. The summed E-state index contributed by atoms with van der Waals surface area (Å²) in [6, 6.07) is 6.93. The van der Waals surface area contributed by atoms with Crippen molar-refractivity contribution in [1.29, 1.82) is 0 Å². The molecule has 1 aromatic carbocycles. The molecule has 1 heterocycles. The lowest BCUT2D eigenvalue weighted by molar-refractivity contribution is -0.171. The molecule has 0 saturated carbocycles. The van der Waals surface area contributed by atoms with Gasteiger partial charge in [0.2, 0.25) is 12.2 Å². The van der Waals surface area contributed by atoms with Crippen LogP contribution in [-0.2, 0) is 19.1 Å². The quantitative estimate of drug-likeness (QED) is 0.466. The van der Waals surface area contributed by atoms with Gasteiger partial charge in [-0.1, -0.05) is 51.7 Å². The summed E-state index contributed by atoms with van der Waals surface area (Å²) in [4.78, 5) is 24.9. The van der Waals surface area contributed by atoms with Gasteiger partial charge in [-0.05, 0) is 25.0 Å². The molecule has 2 rings (SSSR count). The lowest BCUT2D eigenvalue weighted by Gasteiger charge is -2.31. The second kappa shape index (κ2) is 10.7. The summed E-state index contributed by atoms with van der Waals surface area (Å²) in [5, 5.41) is 0. The fourth-order valence-corrected chi connectivity index (χ4v) is 2.60. The Balaban J connectivity index is 2.02. The number of carbonyl (C=O) groups excluding carboxylic acids is 2. The summed E-state index contributed by atoms with van der Waals surface area (Å²) in [5.74, 6) is -0.381. The van der Waals surface area contributed by atoms with Crippen molar-refractivity contribution in [2.45, 2.75) is 64.6 Å². The largest absolute Gasteiger partial charge is 0.470 e. The highest BCUT2D eigenvalue weighted by atomic mass is 16.6. The van der Waals surface area contributed by atoms with Crippen molar-refractivity contribution >= 4 is 11.9 Å². The van der Waals surface area contributed by atoms with Crippen molar-refractivity contribution < 1.29 is 28.5 Å². The molecule has 26 heavy (non-hydrogen) atoms. The minimum absolute atomic E-state index is 0.298. The Morgan fingerprint density at radius 2 is 1.23 bits per heavy atom. The zero-order valence-corrected chi connectivity index (χ0v) is 15.6. The molecule has 0 saturated heterocycles. The first kappa shape index (κ1) is 20.1. The monoisotopic (exact) mass is 364 g/mol. The van der Waals surface area contributed by atoms with E-state index < -0.39 is 24.1 Å². The van der Waals surface area contributed by atoms with Crippen LogP contribution in [0.1, 0.15) is 52.4 Å². The number of hydrogen-bond acceptors (Lipinski definition) is 6. The Hall–Kier alpha value is -2.24. The molecule has 0 aliphatic carbocycles. The Labute approximate surface area is 154 Å².